The summed E-state index contributed by atoms with van der Waals surface area (Å²) in [4.78, 5) is 24.3. The van der Waals surface area contributed by atoms with Crippen LogP contribution in [-0.2, 0) is 21.4 Å². The van der Waals surface area contributed by atoms with Crippen molar-refractivity contribution in [3.8, 4) is 0 Å². The minimum Gasteiger partial charge on any atom is -0.350 e. The lowest BCUT2D eigenvalue weighted by Gasteiger charge is -2.31. The molecule has 0 aliphatic carbocycles. The Morgan fingerprint density at radius 3 is 2.35 bits per heavy atom. The molecule has 0 bridgehead atoms. The number of benzene rings is 3. The van der Waals surface area contributed by atoms with Gasteiger partial charge in [-0.05, 0) is 59.5 Å². The van der Waals surface area contributed by atoms with Crippen LogP contribution in [0.2, 0.25) is 0 Å². The van der Waals surface area contributed by atoms with Crippen molar-refractivity contribution in [3.63, 3.8) is 0 Å². The van der Waals surface area contributed by atoms with Crippen molar-refractivity contribution in [2.24, 2.45) is 0 Å². The molecule has 8 heteroatoms. The molecule has 1 aliphatic heterocycles. The minimum absolute atomic E-state index is 0.0650. The molecular formula is C26H27N3O4S. The molecule has 2 N–H and O–H groups in total. The highest BCUT2D eigenvalue weighted by Crippen LogP contribution is 2.22. The Morgan fingerprint density at radius 2 is 1.65 bits per heavy atom. The zero-order valence-corrected chi connectivity index (χ0v) is 19.6. The van der Waals surface area contributed by atoms with Crippen molar-refractivity contribution in [1.82, 2.24) is 14.9 Å². The first-order chi connectivity index (χ1) is 16.4. The van der Waals surface area contributed by atoms with Crippen LogP contribution < -0.4 is 10.6 Å². The van der Waals surface area contributed by atoms with Crippen molar-refractivity contribution in [3.05, 3.63) is 90.5 Å². The highest BCUT2D eigenvalue weighted by molar-refractivity contribution is 7.89. The molecule has 176 valence electrons. The monoisotopic (exact) mass is 477 g/mol. The van der Waals surface area contributed by atoms with Crippen LogP contribution in [0.1, 0.15) is 28.8 Å². The molecule has 1 heterocycles. The Labute approximate surface area is 199 Å². The van der Waals surface area contributed by atoms with Gasteiger partial charge in [-0.3, -0.25) is 9.59 Å². The van der Waals surface area contributed by atoms with E-state index in [0.29, 0.717) is 38.0 Å². The smallest absolute Gasteiger partial charge is 0.251 e. The predicted octanol–water partition coefficient (Wildman–Crippen LogP) is 3.23. The third-order valence-electron chi connectivity index (χ3n) is 6.06. The summed E-state index contributed by atoms with van der Waals surface area (Å²) >= 11 is 0. The Kier molecular flexibility index (Phi) is 7.09. The molecule has 7 nitrogen and oxygen atoms in total. The zero-order valence-electron chi connectivity index (χ0n) is 18.7. The summed E-state index contributed by atoms with van der Waals surface area (Å²) < 4.78 is 27.4. The number of rotatable bonds is 7. The molecule has 4 rings (SSSR count). The topological polar surface area (TPSA) is 95.6 Å². The largest absolute Gasteiger partial charge is 0.350 e. The molecule has 0 aromatic heterocycles. The van der Waals surface area contributed by atoms with Crippen molar-refractivity contribution >= 4 is 32.6 Å². The number of hydrogen-bond donors (Lipinski definition) is 2. The number of carbonyl (C=O) groups is 2. The normalized spacial score (nSPS) is 15.1. The third kappa shape index (κ3) is 5.18. The number of hydrogen-bond acceptors (Lipinski definition) is 4. The van der Waals surface area contributed by atoms with Crippen LogP contribution >= 0.6 is 0 Å². The molecule has 1 aliphatic rings. The first kappa shape index (κ1) is 23.7. The van der Waals surface area contributed by atoms with E-state index in [9.17, 15) is 18.0 Å². The van der Waals surface area contributed by atoms with E-state index >= 15 is 0 Å². The van der Waals surface area contributed by atoms with Gasteiger partial charge in [0.25, 0.3) is 5.91 Å². The summed E-state index contributed by atoms with van der Waals surface area (Å²) in [6.07, 6.45) is 2.28. The number of fused-ring (bicyclic) bond motifs is 1. The standard InChI is InChI=1S/C26H27N3O4S/c1-2-25(30)28-22-14-16-29(17-15-22)34(32,33)23-12-10-20(11-13-23)26(31)27-18-21-8-5-7-19-6-3-4-9-24(19)21/h2-13,22H,1,14-18H2,(H,27,31)(H,28,30). The summed E-state index contributed by atoms with van der Waals surface area (Å²) in [7, 11) is -3.67. The van der Waals surface area contributed by atoms with E-state index in [1.807, 2.05) is 42.5 Å². The van der Waals surface area contributed by atoms with Gasteiger partial charge in [-0.15, -0.1) is 0 Å². The lowest BCUT2D eigenvalue weighted by molar-refractivity contribution is -0.117. The summed E-state index contributed by atoms with van der Waals surface area (Å²) in [5, 5.41) is 7.91. The van der Waals surface area contributed by atoms with Crippen LogP contribution in [0.25, 0.3) is 10.8 Å². The maximum Gasteiger partial charge on any atom is 0.251 e. The van der Waals surface area contributed by atoms with Gasteiger partial charge in [0.15, 0.2) is 0 Å². The van der Waals surface area contributed by atoms with Gasteiger partial charge in [-0.1, -0.05) is 49.0 Å². The van der Waals surface area contributed by atoms with E-state index in [4.69, 9.17) is 0 Å². The van der Waals surface area contributed by atoms with E-state index < -0.39 is 10.0 Å². The molecule has 0 unspecified atom stereocenters. The molecule has 2 amide bonds. The van der Waals surface area contributed by atoms with E-state index in [2.05, 4.69) is 17.2 Å². The molecule has 3 aromatic rings. The average Bonchev–Trinajstić information content (AvgIpc) is 2.87. The third-order valence-corrected chi connectivity index (χ3v) is 7.97. The maximum atomic E-state index is 13.0. The van der Waals surface area contributed by atoms with Crippen molar-refractivity contribution in [1.29, 1.82) is 0 Å². The SMILES string of the molecule is C=CC(=O)NC1CCN(S(=O)(=O)c2ccc(C(=O)NCc3cccc4ccccc34)cc2)CC1. The van der Waals surface area contributed by atoms with Gasteiger partial charge in [-0.2, -0.15) is 4.31 Å². The van der Waals surface area contributed by atoms with Crippen LogP contribution in [0.4, 0.5) is 0 Å². The quantitative estimate of drug-likeness (QED) is 0.511. The first-order valence-electron chi connectivity index (χ1n) is 11.2. The Morgan fingerprint density at radius 1 is 0.971 bits per heavy atom. The Balaban J connectivity index is 1.38. The van der Waals surface area contributed by atoms with E-state index in [0.717, 1.165) is 16.3 Å². The van der Waals surface area contributed by atoms with Gasteiger partial charge in [0.05, 0.1) is 4.90 Å². The van der Waals surface area contributed by atoms with Crippen LogP contribution in [0.3, 0.4) is 0 Å². The Bertz CT molecular complexity index is 1310. The van der Waals surface area contributed by atoms with Gasteiger partial charge < -0.3 is 10.6 Å². The minimum atomic E-state index is -3.67. The summed E-state index contributed by atoms with van der Waals surface area (Å²) in [5.74, 6) is -0.522. The molecule has 0 saturated carbocycles. The number of nitrogens with one attached hydrogen (secondary N) is 2. The molecule has 1 fully saturated rings. The maximum absolute atomic E-state index is 13.0. The molecule has 3 aromatic carbocycles. The van der Waals surface area contributed by atoms with Gasteiger partial charge >= 0.3 is 0 Å². The first-order valence-corrected chi connectivity index (χ1v) is 12.6. The Hall–Kier alpha value is -3.49. The van der Waals surface area contributed by atoms with E-state index in [1.54, 1.807) is 0 Å². The highest BCUT2D eigenvalue weighted by Gasteiger charge is 2.29. The van der Waals surface area contributed by atoms with Crippen molar-refractivity contribution < 1.29 is 18.0 Å². The fourth-order valence-electron chi connectivity index (χ4n) is 4.15. The second-order valence-corrected chi connectivity index (χ2v) is 10.2. The molecule has 0 radical (unpaired) electrons. The number of carbonyl (C=O) groups excluding carboxylic acids is 2. The number of sulfonamides is 1. The second kappa shape index (κ2) is 10.2. The van der Waals surface area contributed by atoms with Crippen LogP contribution in [-0.4, -0.2) is 43.7 Å². The number of piperidine rings is 1. The number of amides is 2. The fraction of sp³-hybridized carbons (Fsp3) is 0.231. The van der Waals surface area contributed by atoms with Crippen molar-refractivity contribution in [2.75, 3.05) is 13.1 Å². The van der Waals surface area contributed by atoms with Crippen molar-refractivity contribution in [2.45, 2.75) is 30.3 Å². The van der Waals surface area contributed by atoms with Gasteiger partial charge in [0, 0.05) is 31.2 Å². The lowest BCUT2D eigenvalue weighted by atomic mass is 10.0. The fourth-order valence-corrected chi connectivity index (χ4v) is 5.62. The van der Waals surface area contributed by atoms with Crippen LogP contribution in [0.5, 0.6) is 0 Å². The summed E-state index contributed by atoms with van der Waals surface area (Å²) in [6.45, 7) is 4.44. The molecule has 0 spiro atoms. The molecular weight excluding hydrogens is 450 g/mol. The highest BCUT2D eigenvalue weighted by atomic mass is 32.2. The predicted molar refractivity (Wildman–Crippen MR) is 132 cm³/mol. The molecule has 34 heavy (non-hydrogen) atoms. The van der Waals surface area contributed by atoms with Gasteiger partial charge in [0.2, 0.25) is 15.9 Å². The second-order valence-electron chi connectivity index (χ2n) is 8.24. The van der Waals surface area contributed by atoms with Crippen LogP contribution in [0, 0.1) is 0 Å². The molecule has 0 atom stereocenters. The summed E-state index contributed by atoms with van der Waals surface area (Å²) in [5.41, 5.74) is 1.41. The van der Waals surface area contributed by atoms with E-state index in [-0.39, 0.29) is 22.8 Å². The summed E-state index contributed by atoms with van der Waals surface area (Å²) in [6, 6.07) is 19.9. The zero-order chi connectivity index (χ0) is 24.1. The average molecular weight is 478 g/mol. The molecule has 1 saturated heterocycles. The number of nitrogens with zero attached hydrogens (tertiary/aromatic N) is 1. The van der Waals surface area contributed by atoms with Gasteiger partial charge in [0.1, 0.15) is 0 Å². The van der Waals surface area contributed by atoms with E-state index in [1.165, 1.54) is 34.6 Å². The van der Waals surface area contributed by atoms with Crippen LogP contribution in [0.15, 0.2) is 84.3 Å². The lowest BCUT2D eigenvalue weighted by Crippen LogP contribution is -2.46. The van der Waals surface area contributed by atoms with Gasteiger partial charge in [-0.25, -0.2) is 8.42 Å².